The van der Waals surface area contributed by atoms with Crippen molar-refractivity contribution in [3.8, 4) is 0 Å². The lowest BCUT2D eigenvalue weighted by Crippen LogP contribution is -2.33. The zero-order valence-corrected chi connectivity index (χ0v) is 12.3. The van der Waals surface area contributed by atoms with Crippen LogP contribution in [0.5, 0.6) is 0 Å². The molecule has 0 aliphatic carbocycles. The maximum Gasteiger partial charge on any atom is 0.222 e. The van der Waals surface area contributed by atoms with Crippen LogP contribution in [-0.4, -0.2) is 22.5 Å². The van der Waals surface area contributed by atoms with Crippen molar-refractivity contribution in [3.05, 3.63) is 58.3 Å². The lowest BCUT2D eigenvalue weighted by Gasteiger charge is -2.25. The Balaban J connectivity index is 2.06. The van der Waals surface area contributed by atoms with Crippen LogP contribution in [-0.2, 0) is 11.3 Å². The third-order valence-electron chi connectivity index (χ3n) is 3.19. The normalized spacial score (nSPS) is 12.1. The number of thiophene rings is 1. The molecule has 0 fully saturated rings. The monoisotopic (exact) mass is 289 g/mol. The zero-order valence-electron chi connectivity index (χ0n) is 11.5. The summed E-state index contributed by atoms with van der Waals surface area (Å²) >= 11 is 1.55. The van der Waals surface area contributed by atoms with E-state index >= 15 is 0 Å². The number of carbonyl (C=O) groups is 1. The Kier molecular flexibility index (Phi) is 5.32. The Morgan fingerprint density at radius 1 is 1.30 bits per heavy atom. The number of benzene rings is 1. The van der Waals surface area contributed by atoms with E-state index in [1.807, 2.05) is 54.1 Å². The van der Waals surface area contributed by atoms with E-state index in [0.717, 1.165) is 11.1 Å². The Bertz CT molecular complexity index is 525. The lowest BCUT2D eigenvalue weighted by molar-refractivity contribution is -0.133. The first kappa shape index (κ1) is 14.8. The number of amides is 1. The average molecular weight is 289 g/mol. The van der Waals surface area contributed by atoms with Crippen LogP contribution in [0.25, 0.3) is 0 Å². The van der Waals surface area contributed by atoms with Gasteiger partial charge in [0.2, 0.25) is 5.91 Å². The van der Waals surface area contributed by atoms with E-state index in [1.54, 1.807) is 16.2 Å². The van der Waals surface area contributed by atoms with Crippen LogP contribution >= 0.6 is 11.3 Å². The van der Waals surface area contributed by atoms with Gasteiger partial charge >= 0.3 is 0 Å². The van der Waals surface area contributed by atoms with Crippen molar-refractivity contribution in [1.29, 1.82) is 0 Å². The number of hydrogen-bond acceptors (Lipinski definition) is 3. The first-order valence-corrected chi connectivity index (χ1v) is 7.67. The molecule has 1 unspecified atom stereocenters. The van der Waals surface area contributed by atoms with Crippen LogP contribution in [0, 0.1) is 0 Å². The summed E-state index contributed by atoms with van der Waals surface area (Å²) in [7, 11) is 0. The third kappa shape index (κ3) is 3.92. The summed E-state index contributed by atoms with van der Waals surface area (Å²) in [6, 6.07) is 11.8. The smallest absolute Gasteiger partial charge is 0.222 e. The minimum Gasteiger partial charge on any atom is -0.387 e. The largest absolute Gasteiger partial charge is 0.387 e. The molecule has 0 aliphatic heterocycles. The van der Waals surface area contributed by atoms with Gasteiger partial charge in [0.1, 0.15) is 0 Å². The fourth-order valence-corrected chi connectivity index (χ4v) is 2.77. The minimum absolute atomic E-state index is 0.0585. The Hall–Kier alpha value is -1.65. The Morgan fingerprint density at radius 2 is 2.05 bits per heavy atom. The SMILES string of the molecule is CCC(=O)N(Cc1ccccc1)CC(O)c1ccsc1. The van der Waals surface area contributed by atoms with E-state index < -0.39 is 6.10 Å². The molecule has 106 valence electrons. The molecule has 1 aromatic heterocycles. The van der Waals surface area contributed by atoms with E-state index in [2.05, 4.69) is 0 Å². The minimum atomic E-state index is -0.625. The van der Waals surface area contributed by atoms with Gasteiger partial charge in [-0.05, 0) is 28.0 Å². The number of nitrogens with zero attached hydrogens (tertiary/aromatic N) is 1. The van der Waals surface area contributed by atoms with E-state index in [0.29, 0.717) is 19.5 Å². The van der Waals surface area contributed by atoms with Crippen molar-refractivity contribution >= 4 is 17.2 Å². The van der Waals surface area contributed by atoms with Gasteiger partial charge in [-0.2, -0.15) is 11.3 Å². The standard InChI is InChI=1S/C16H19NO2S/c1-2-16(19)17(10-13-6-4-3-5-7-13)11-15(18)14-8-9-20-12-14/h3-9,12,15,18H,2,10-11H2,1H3. The van der Waals surface area contributed by atoms with Gasteiger partial charge in [0.25, 0.3) is 0 Å². The van der Waals surface area contributed by atoms with Gasteiger partial charge in [0.05, 0.1) is 12.6 Å². The highest BCUT2D eigenvalue weighted by Gasteiger charge is 2.18. The molecular formula is C16H19NO2S. The molecule has 0 aliphatic rings. The molecule has 1 N–H and O–H groups in total. The third-order valence-corrected chi connectivity index (χ3v) is 3.89. The predicted octanol–water partition coefficient (Wildman–Crippen LogP) is 3.22. The molecule has 0 radical (unpaired) electrons. The van der Waals surface area contributed by atoms with Gasteiger partial charge in [-0.25, -0.2) is 0 Å². The van der Waals surface area contributed by atoms with Gasteiger partial charge in [-0.3, -0.25) is 4.79 Å². The number of aliphatic hydroxyl groups is 1. The van der Waals surface area contributed by atoms with E-state index in [4.69, 9.17) is 0 Å². The molecule has 0 saturated carbocycles. The lowest BCUT2D eigenvalue weighted by atomic mass is 10.1. The zero-order chi connectivity index (χ0) is 14.4. The van der Waals surface area contributed by atoms with Crippen molar-refractivity contribution in [2.75, 3.05) is 6.54 Å². The van der Waals surface area contributed by atoms with Gasteiger partial charge in [-0.15, -0.1) is 0 Å². The molecule has 1 heterocycles. The van der Waals surface area contributed by atoms with Gasteiger partial charge in [0, 0.05) is 13.0 Å². The molecule has 0 saturated heterocycles. The molecule has 0 bridgehead atoms. The predicted molar refractivity (Wildman–Crippen MR) is 81.4 cm³/mol. The summed E-state index contributed by atoms with van der Waals surface area (Å²) in [5.74, 6) is 0.0585. The van der Waals surface area contributed by atoms with Gasteiger partial charge in [0.15, 0.2) is 0 Å². The number of aliphatic hydroxyl groups excluding tert-OH is 1. The average Bonchev–Trinajstić information content (AvgIpc) is 3.01. The topological polar surface area (TPSA) is 40.5 Å². The van der Waals surface area contributed by atoms with Crippen molar-refractivity contribution in [3.63, 3.8) is 0 Å². The second kappa shape index (κ2) is 7.22. The summed E-state index contributed by atoms with van der Waals surface area (Å²) in [5, 5.41) is 14.1. The highest BCUT2D eigenvalue weighted by molar-refractivity contribution is 7.07. The molecule has 20 heavy (non-hydrogen) atoms. The highest BCUT2D eigenvalue weighted by atomic mass is 32.1. The van der Waals surface area contributed by atoms with Crippen molar-refractivity contribution in [2.24, 2.45) is 0 Å². The quantitative estimate of drug-likeness (QED) is 0.887. The van der Waals surface area contributed by atoms with Crippen molar-refractivity contribution in [1.82, 2.24) is 4.90 Å². The van der Waals surface area contributed by atoms with E-state index in [-0.39, 0.29) is 5.91 Å². The summed E-state index contributed by atoms with van der Waals surface area (Å²) in [4.78, 5) is 13.8. The molecule has 4 heteroatoms. The molecule has 3 nitrogen and oxygen atoms in total. The number of rotatable bonds is 6. The molecule has 1 amide bonds. The van der Waals surface area contributed by atoms with E-state index in [9.17, 15) is 9.90 Å². The second-order valence-electron chi connectivity index (χ2n) is 4.69. The second-order valence-corrected chi connectivity index (χ2v) is 5.47. The first-order valence-electron chi connectivity index (χ1n) is 6.72. The summed E-state index contributed by atoms with van der Waals surface area (Å²) in [5.41, 5.74) is 1.95. The number of carbonyl (C=O) groups excluding carboxylic acids is 1. The Morgan fingerprint density at radius 3 is 2.65 bits per heavy atom. The fraction of sp³-hybridized carbons (Fsp3) is 0.312. The van der Waals surface area contributed by atoms with Crippen molar-refractivity contribution in [2.45, 2.75) is 26.0 Å². The Labute approximate surface area is 123 Å². The molecular weight excluding hydrogens is 270 g/mol. The number of hydrogen-bond donors (Lipinski definition) is 1. The molecule has 2 rings (SSSR count). The highest BCUT2D eigenvalue weighted by Crippen LogP contribution is 2.19. The van der Waals surface area contributed by atoms with E-state index in [1.165, 1.54) is 0 Å². The van der Waals surface area contributed by atoms with Crippen molar-refractivity contribution < 1.29 is 9.90 Å². The fourth-order valence-electron chi connectivity index (χ4n) is 2.06. The summed E-state index contributed by atoms with van der Waals surface area (Å²) < 4.78 is 0. The summed E-state index contributed by atoms with van der Waals surface area (Å²) in [6.45, 7) is 2.71. The van der Waals surface area contributed by atoms with Gasteiger partial charge < -0.3 is 10.0 Å². The maximum absolute atomic E-state index is 12.0. The van der Waals surface area contributed by atoms with Crippen LogP contribution in [0.3, 0.4) is 0 Å². The first-order chi connectivity index (χ1) is 9.70. The maximum atomic E-state index is 12.0. The molecule has 1 aromatic carbocycles. The van der Waals surface area contributed by atoms with Crippen LogP contribution in [0.4, 0.5) is 0 Å². The molecule has 0 spiro atoms. The summed E-state index contributed by atoms with van der Waals surface area (Å²) in [6.07, 6.45) is -0.177. The van der Waals surface area contributed by atoms with Crippen LogP contribution < -0.4 is 0 Å². The van der Waals surface area contributed by atoms with Crippen LogP contribution in [0.2, 0.25) is 0 Å². The van der Waals surface area contributed by atoms with Crippen LogP contribution in [0.15, 0.2) is 47.2 Å². The molecule has 2 aromatic rings. The van der Waals surface area contributed by atoms with Crippen LogP contribution in [0.1, 0.15) is 30.6 Å². The van der Waals surface area contributed by atoms with Gasteiger partial charge in [-0.1, -0.05) is 37.3 Å². The molecule has 1 atom stereocenters.